The van der Waals surface area contributed by atoms with Gasteiger partial charge in [0, 0.05) is 6.26 Å². The molecular weight excluding hydrogens is 366 g/mol. The third-order valence-corrected chi connectivity index (χ3v) is 5.37. The number of halogens is 1. The van der Waals surface area contributed by atoms with Gasteiger partial charge in [0.2, 0.25) is 5.89 Å². The lowest BCUT2D eigenvalue weighted by Gasteiger charge is -2.17. The molecule has 9 heteroatoms. The Labute approximate surface area is 153 Å². The quantitative estimate of drug-likeness (QED) is 0.809. The van der Waals surface area contributed by atoms with Crippen molar-refractivity contribution < 1.29 is 17.7 Å². The Hall–Kier alpha value is -1.64. The summed E-state index contributed by atoms with van der Waals surface area (Å²) in [5, 5.41) is 4.00. The normalized spacial score (nSPS) is 16.4. The molecule has 0 saturated heterocycles. The molecule has 0 unspecified atom stereocenters. The highest BCUT2D eigenvalue weighted by Gasteiger charge is 2.35. The minimum atomic E-state index is -3.20. The maximum atomic E-state index is 11.4. The van der Waals surface area contributed by atoms with E-state index in [1.165, 1.54) is 18.4 Å². The van der Waals surface area contributed by atoms with Crippen molar-refractivity contribution in [2.24, 2.45) is 5.73 Å². The van der Waals surface area contributed by atoms with Crippen LogP contribution >= 0.6 is 12.4 Å². The molecule has 25 heavy (non-hydrogen) atoms. The predicted molar refractivity (Wildman–Crippen MR) is 94.6 cm³/mol. The van der Waals surface area contributed by atoms with E-state index in [1.54, 1.807) is 12.1 Å². The lowest BCUT2D eigenvalue weighted by molar-refractivity contribution is 0.289. The molecule has 1 fully saturated rings. The Morgan fingerprint density at radius 3 is 2.48 bits per heavy atom. The number of nitrogens with two attached hydrogens (primary N) is 1. The number of aromatic nitrogens is 2. The summed E-state index contributed by atoms with van der Waals surface area (Å²) in [5.74, 6) is 1.66. The summed E-state index contributed by atoms with van der Waals surface area (Å²) in [7, 11) is -3.20. The van der Waals surface area contributed by atoms with Gasteiger partial charge in [0.15, 0.2) is 15.7 Å². The van der Waals surface area contributed by atoms with Gasteiger partial charge in [-0.25, -0.2) is 8.42 Å². The van der Waals surface area contributed by atoms with E-state index in [4.69, 9.17) is 15.0 Å². The Balaban J connectivity index is 0.00000225. The van der Waals surface area contributed by atoms with Gasteiger partial charge in [0.25, 0.3) is 0 Å². The number of sulfone groups is 1. The molecule has 1 aromatic carbocycles. The molecule has 3 rings (SSSR count). The molecule has 2 aromatic rings. The largest absolute Gasteiger partial charge is 0.493 e. The molecule has 0 atom stereocenters. The van der Waals surface area contributed by atoms with Gasteiger partial charge in [-0.1, -0.05) is 18.0 Å². The van der Waals surface area contributed by atoms with Gasteiger partial charge in [-0.15, -0.1) is 12.4 Å². The zero-order chi connectivity index (χ0) is 17.2. The summed E-state index contributed by atoms with van der Waals surface area (Å²) < 4.78 is 33.6. The lowest BCUT2D eigenvalue weighted by Crippen LogP contribution is -2.34. The second-order valence-electron chi connectivity index (χ2n) is 6.22. The van der Waals surface area contributed by atoms with Crippen LogP contribution in [-0.4, -0.2) is 31.4 Å². The highest BCUT2D eigenvalue weighted by atomic mass is 35.5. The smallest absolute Gasteiger partial charge is 0.230 e. The molecule has 1 heterocycles. The first-order chi connectivity index (χ1) is 11.4. The Bertz CT molecular complexity index is 799. The molecule has 1 aliphatic carbocycles. The molecule has 138 valence electrons. The first kappa shape index (κ1) is 19.7. The van der Waals surface area contributed by atoms with Crippen LogP contribution in [0, 0.1) is 0 Å². The van der Waals surface area contributed by atoms with Crippen molar-refractivity contribution in [3.8, 4) is 5.75 Å². The third kappa shape index (κ3) is 4.71. The molecular formula is C16H22ClN3O4S. The van der Waals surface area contributed by atoms with Gasteiger partial charge >= 0.3 is 0 Å². The van der Waals surface area contributed by atoms with Crippen molar-refractivity contribution in [1.82, 2.24) is 10.1 Å². The molecule has 2 N–H and O–H groups in total. The highest BCUT2D eigenvalue weighted by Crippen LogP contribution is 2.34. The van der Waals surface area contributed by atoms with Gasteiger partial charge in [-0.05, 0) is 37.1 Å². The number of benzene rings is 1. The zero-order valence-electron chi connectivity index (χ0n) is 14.0. The second kappa shape index (κ2) is 7.72. The van der Waals surface area contributed by atoms with Crippen molar-refractivity contribution in [2.45, 2.75) is 42.5 Å². The van der Waals surface area contributed by atoms with E-state index in [-0.39, 0.29) is 17.3 Å². The second-order valence-corrected chi connectivity index (χ2v) is 8.23. The molecule has 0 aliphatic heterocycles. The average molecular weight is 388 g/mol. The van der Waals surface area contributed by atoms with Crippen LogP contribution in [0.2, 0.25) is 0 Å². The summed E-state index contributed by atoms with van der Waals surface area (Å²) in [6, 6.07) is 6.30. The van der Waals surface area contributed by atoms with Crippen molar-refractivity contribution >= 4 is 22.2 Å². The van der Waals surface area contributed by atoms with E-state index >= 15 is 0 Å². The Kier molecular flexibility index (Phi) is 6.08. The zero-order valence-corrected chi connectivity index (χ0v) is 15.6. The van der Waals surface area contributed by atoms with Gasteiger partial charge in [-0.3, -0.25) is 0 Å². The summed E-state index contributed by atoms with van der Waals surface area (Å²) >= 11 is 0. The van der Waals surface area contributed by atoms with Gasteiger partial charge in [0.05, 0.1) is 23.5 Å². The molecule has 0 radical (unpaired) electrons. The van der Waals surface area contributed by atoms with Crippen molar-refractivity contribution in [1.29, 1.82) is 0 Å². The molecule has 0 spiro atoms. The Morgan fingerprint density at radius 2 is 1.88 bits per heavy atom. The first-order valence-corrected chi connectivity index (χ1v) is 9.81. The number of hydrogen-bond acceptors (Lipinski definition) is 7. The fourth-order valence-corrected chi connectivity index (χ4v) is 3.46. The summed E-state index contributed by atoms with van der Waals surface area (Å²) in [6.07, 6.45) is 5.59. The van der Waals surface area contributed by atoms with Crippen LogP contribution in [-0.2, 0) is 21.8 Å². The predicted octanol–water partition coefficient (Wildman–Crippen LogP) is 2.24. The standard InChI is InChI=1S/C16H21N3O4S.ClH/c1-24(20,21)13-6-4-12(5-7-13)22-11-8-14-18-15(19-23-14)16(17)9-2-3-10-16;/h4-7H,2-3,8-11,17H2,1H3;1H. The highest BCUT2D eigenvalue weighted by molar-refractivity contribution is 7.90. The lowest BCUT2D eigenvalue weighted by atomic mass is 9.99. The van der Waals surface area contributed by atoms with Crippen LogP contribution < -0.4 is 10.5 Å². The van der Waals surface area contributed by atoms with Crippen molar-refractivity contribution in [3.63, 3.8) is 0 Å². The summed E-state index contributed by atoms with van der Waals surface area (Å²) in [5.41, 5.74) is 5.84. The fraction of sp³-hybridized carbons (Fsp3) is 0.500. The number of ether oxygens (including phenoxy) is 1. The maximum Gasteiger partial charge on any atom is 0.230 e. The van der Waals surface area contributed by atoms with Crippen LogP contribution in [0.4, 0.5) is 0 Å². The average Bonchev–Trinajstić information content (AvgIpc) is 3.17. The molecule has 1 aromatic heterocycles. The van der Waals surface area contributed by atoms with Gasteiger partial charge in [-0.2, -0.15) is 4.98 Å². The Morgan fingerprint density at radius 1 is 1.24 bits per heavy atom. The topological polar surface area (TPSA) is 108 Å². The van der Waals surface area contributed by atoms with E-state index in [2.05, 4.69) is 10.1 Å². The summed E-state index contributed by atoms with van der Waals surface area (Å²) in [6.45, 7) is 0.359. The minimum absolute atomic E-state index is 0. The maximum absolute atomic E-state index is 11.4. The van der Waals surface area contributed by atoms with E-state index < -0.39 is 15.4 Å². The van der Waals surface area contributed by atoms with Gasteiger partial charge < -0.3 is 15.0 Å². The monoisotopic (exact) mass is 387 g/mol. The van der Waals surface area contributed by atoms with Gasteiger partial charge in [0.1, 0.15) is 5.75 Å². The number of nitrogens with zero attached hydrogens (tertiary/aromatic N) is 2. The molecule has 0 bridgehead atoms. The van der Waals surface area contributed by atoms with E-state index in [1.807, 2.05) is 0 Å². The van der Waals surface area contributed by atoms with Crippen LogP contribution in [0.15, 0.2) is 33.7 Å². The number of rotatable bonds is 6. The van der Waals surface area contributed by atoms with E-state index in [0.717, 1.165) is 25.7 Å². The van der Waals surface area contributed by atoms with E-state index in [9.17, 15) is 8.42 Å². The van der Waals surface area contributed by atoms with Crippen molar-refractivity contribution in [2.75, 3.05) is 12.9 Å². The van der Waals surface area contributed by atoms with Crippen LogP contribution in [0.5, 0.6) is 5.75 Å². The number of hydrogen-bond donors (Lipinski definition) is 1. The third-order valence-electron chi connectivity index (χ3n) is 4.25. The van der Waals surface area contributed by atoms with E-state index in [0.29, 0.717) is 30.5 Å². The first-order valence-electron chi connectivity index (χ1n) is 7.92. The summed E-state index contributed by atoms with van der Waals surface area (Å²) in [4.78, 5) is 4.64. The molecule has 1 aliphatic rings. The van der Waals surface area contributed by atoms with Crippen LogP contribution in [0.3, 0.4) is 0 Å². The molecule has 0 amide bonds. The molecule has 1 saturated carbocycles. The van der Waals surface area contributed by atoms with Crippen LogP contribution in [0.25, 0.3) is 0 Å². The SMILES string of the molecule is CS(=O)(=O)c1ccc(OCCc2nc(C3(N)CCCC3)no2)cc1.Cl. The minimum Gasteiger partial charge on any atom is -0.493 e. The van der Waals surface area contributed by atoms with Crippen LogP contribution in [0.1, 0.15) is 37.4 Å². The van der Waals surface area contributed by atoms with Crippen molar-refractivity contribution in [3.05, 3.63) is 36.0 Å². The molecule has 7 nitrogen and oxygen atoms in total. The fourth-order valence-electron chi connectivity index (χ4n) is 2.83.